The molecule has 136 valence electrons. The van der Waals surface area contributed by atoms with Gasteiger partial charge in [-0.15, -0.1) is 0 Å². The largest absolute Gasteiger partial charge is 0.479 e. The summed E-state index contributed by atoms with van der Waals surface area (Å²) >= 11 is 0. The van der Waals surface area contributed by atoms with Gasteiger partial charge in [0.1, 0.15) is 5.76 Å². The van der Waals surface area contributed by atoms with Crippen molar-refractivity contribution in [2.45, 2.75) is 59.0 Å². The standard InChI is InChI=1S/C21H28O4/c1-14(2)16-9-8-15(3)18-13-19(22)21(4,25-18)12-6-7-17(11-10-16)20(23)24-5/h7-9,13-14H,6,10-12H2,1-5H3/b15-8+,16-9+,17-7-/t21-/m0/s1. The SMILES string of the molecule is COC(=O)/C1=C\CC[C@]2(C)OC(=CC2=O)/C(C)=C/C=C(/C(C)C)CC1. The van der Waals surface area contributed by atoms with Gasteiger partial charge in [-0.05, 0) is 51.0 Å². The predicted molar refractivity (Wildman–Crippen MR) is 97.8 cm³/mol. The smallest absolute Gasteiger partial charge is 0.333 e. The molecule has 25 heavy (non-hydrogen) atoms. The quantitative estimate of drug-likeness (QED) is 0.695. The Balaban J connectivity index is 2.40. The fourth-order valence-corrected chi connectivity index (χ4v) is 3.06. The Labute approximate surface area is 150 Å². The summed E-state index contributed by atoms with van der Waals surface area (Å²) < 4.78 is 10.9. The van der Waals surface area contributed by atoms with Crippen LogP contribution < -0.4 is 0 Å². The minimum absolute atomic E-state index is 0.0200. The van der Waals surface area contributed by atoms with Crippen molar-refractivity contribution in [2.24, 2.45) is 5.92 Å². The van der Waals surface area contributed by atoms with Crippen LogP contribution in [0.3, 0.4) is 0 Å². The molecule has 2 aliphatic rings. The topological polar surface area (TPSA) is 52.6 Å². The van der Waals surface area contributed by atoms with Crippen molar-refractivity contribution in [3.05, 3.63) is 46.8 Å². The lowest BCUT2D eigenvalue weighted by Gasteiger charge is -2.23. The van der Waals surface area contributed by atoms with E-state index in [4.69, 9.17) is 9.47 Å². The van der Waals surface area contributed by atoms with Gasteiger partial charge in [-0.2, -0.15) is 0 Å². The van der Waals surface area contributed by atoms with Crippen LogP contribution >= 0.6 is 0 Å². The minimum Gasteiger partial charge on any atom is -0.479 e. The zero-order valence-electron chi connectivity index (χ0n) is 15.8. The van der Waals surface area contributed by atoms with Crippen LogP contribution in [0.25, 0.3) is 0 Å². The van der Waals surface area contributed by atoms with Gasteiger partial charge in [0, 0.05) is 11.6 Å². The van der Waals surface area contributed by atoms with E-state index in [-0.39, 0.29) is 11.8 Å². The Morgan fingerprint density at radius 3 is 2.64 bits per heavy atom. The maximum Gasteiger partial charge on any atom is 0.333 e. The molecule has 0 aromatic carbocycles. The highest BCUT2D eigenvalue weighted by Gasteiger charge is 2.39. The highest BCUT2D eigenvalue weighted by Crippen LogP contribution is 2.33. The van der Waals surface area contributed by atoms with Crippen molar-refractivity contribution in [3.8, 4) is 0 Å². The molecule has 0 fully saturated rings. The molecule has 4 heteroatoms. The van der Waals surface area contributed by atoms with Crippen LogP contribution in [0.4, 0.5) is 0 Å². The lowest BCUT2D eigenvalue weighted by atomic mass is 9.92. The lowest BCUT2D eigenvalue weighted by Crippen LogP contribution is -2.32. The van der Waals surface area contributed by atoms with E-state index in [9.17, 15) is 9.59 Å². The molecule has 0 saturated heterocycles. The van der Waals surface area contributed by atoms with Crippen molar-refractivity contribution < 1.29 is 19.1 Å². The Kier molecular flexibility index (Phi) is 6.04. The third kappa shape index (κ3) is 4.50. The summed E-state index contributed by atoms with van der Waals surface area (Å²) in [6, 6.07) is 0. The van der Waals surface area contributed by atoms with E-state index in [2.05, 4.69) is 19.9 Å². The van der Waals surface area contributed by atoms with Gasteiger partial charge in [0.25, 0.3) is 0 Å². The van der Waals surface area contributed by atoms with Crippen molar-refractivity contribution in [2.75, 3.05) is 7.11 Å². The molecule has 2 rings (SSSR count). The normalized spacial score (nSPS) is 31.0. The first kappa shape index (κ1) is 19.2. The number of rotatable bonds is 2. The highest BCUT2D eigenvalue weighted by atomic mass is 16.5. The number of hydrogen-bond acceptors (Lipinski definition) is 4. The molecule has 0 saturated carbocycles. The van der Waals surface area contributed by atoms with Gasteiger partial charge < -0.3 is 9.47 Å². The molecule has 2 heterocycles. The molecule has 0 radical (unpaired) electrons. The summed E-state index contributed by atoms with van der Waals surface area (Å²) in [5.74, 6) is 0.697. The van der Waals surface area contributed by atoms with E-state index < -0.39 is 5.60 Å². The molecule has 0 amide bonds. The van der Waals surface area contributed by atoms with E-state index in [1.165, 1.54) is 12.7 Å². The minimum atomic E-state index is -0.860. The third-order valence-electron chi connectivity index (χ3n) is 4.94. The van der Waals surface area contributed by atoms with Crippen molar-refractivity contribution >= 4 is 11.8 Å². The average Bonchev–Trinajstić information content (AvgIpc) is 2.87. The number of allylic oxidation sites excluding steroid dienone is 5. The number of ketones is 1. The van der Waals surface area contributed by atoms with Crippen LogP contribution in [0.1, 0.15) is 53.4 Å². The summed E-state index contributed by atoms with van der Waals surface area (Å²) in [6.07, 6.45) is 10.1. The zero-order chi connectivity index (χ0) is 18.6. The molecule has 0 aromatic heterocycles. The number of fused-ring (bicyclic) bond motifs is 2. The molecule has 2 bridgehead atoms. The Bertz CT molecular complexity index is 676. The third-order valence-corrected chi connectivity index (χ3v) is 4.94. The number of methoxy groups -OCH3 is 1. The summed E-state index contributed by atoms with van der Waals surface area (Å²) in [7, 11) is 1.40. The molecular formula is C21H28O4. The van der Waals surface area contributed by atoms with Crippen LogP contribution in [0, 0.1) is 5.92 Å². The molecule has 0 aliphatic carbocycles. The van der Waals surface area contributed by atoms with Crippen molar-refractivity contribution in [1.29, 1.82) is 0 Å². The summed E-state index contributed by atoms with van der Waals surface area (Å²) in [4.78, 5) is 24.4. The zero-order valence-corrected chi connectivity index (χ0v) is 15.8. The second kappa shape index (κ2) is 7.85. The fourth-order valence-electron chi connectivity index (χ4n) is 3.06. The second-order valence-corrected chi connectivity index (χ2v) is 7.21. The molecule has 0 aromatic rings. The molecule has 0 N–H and O–H groups in total. The van der Waals surface area contributed by atoms with Gasteiger partial charge in [0.2, 0.25) is 5.78 Å². The van der Waals surface area contributed by atoms with Gasteiger partial charge in [-0.1, -0.05) is 37.6 Å². The number of carbonyl (C=O) groups is 2. The number of carbonyl (C=O) groups excluding carboxylic acids is 2. The summed E-state index contributed by atoms with van der Waals surface area (Å²) in [6.45, 7) is 8.05. The van der Waals surface area contributed by atoms with Gasteiger partial charge in [-0.25, -0.2) is 4.79 Å². The molecule has 2 aliphatic heterocycles. The first-order valence-electron chi connectivity index (χ1n) is 8.87. The van der Waals surface area contributed by atoms with E-state index >= 15 is 0 Å². The Hall–Kier alpha value is -2.10. The maximum atomic E-state index is 12.4. The first-order valence-corrected chi connectivity index (χ1v) is 8.87. The van der Waals surface area contributed by atoms with Crippen LogP contribution in [-0.4, -0.2) is 24.5 Å². The Morgan fingerprint density at radius 1 is 1.28 bits per heavy atom. The van der Waals surface area contributed by atoms with Crippen molar-refractivity contribution in [3.63, 3.8) is 0 Å². The van der Waals surface area contributed by atoms with E-state index in [0.29, 0.717) is 36.5 Å². The van der Waals surface area contributed by atoms with Crippen molar-refractivity contribution in [1.82, 2.24) is 0 Å². The highest BCUT2D eigenvalue weighted by molar-refractivity contribution is 5.99. The van der Waals surface area contributed by atoms with Gasteiger partial charge in [-0.3, -0.25) is 4.79 Å². The molecule has 0 spiro atoms. The molecule has 1 atom stereocenters. The van der Waals surface area contributed by atoms with Gasteiger partial charge in [0.05, 0.1) is 7.11 Å². The van der Waals surface area contributed by atoms with Crippen LogP contribution in [0.15, 0.2) is 46.8 Å². The van der Waals surface area contributed by atoms with Gasteiger partial charge >= 0.3 is 5.97 Å². The lowest BCUT2D eigenvalue weighted by molar-refractivity contribution is -0.136. The molecular weight excluding hydrogens is 316 g/mol. The fraction of sp³-hybridized carbons (Fsp3) is 0.524. The Morgan fingerprint density at radius 2 is 2.00 bits per heavy atom. The summed E-state index contributed by atoms with van der Waals surface area (Å²) in [5, 5.41) is 0. The van der Waals surface area contributed by atoms with Crippen LogP contribution in [-0.2, 0) is 19.1 Å². The second-order valence-electron chi connectivity index (χ2n) is 7.21. The maximum absolute atomic E-state index is 12.4. The first-order chi connectivity index (χ1) is 11.8. The number of hydrogen-bond donors (Lipinski definition) is 0. The average molecular weight is 344 g/mol. The van der Waals surface area contributed by atoms with E-state index in [1.54, 1.807) is 6.08 Å². The number of esters is 1. The predicted octanol–water partition coefficient (Wildman–Crippen LogP) is 4.43. The monoisotopic (exact) mass is 344 g/mol. The van der Waals surface area contributed by atoms with E-state index in [0.717, 1.165) is 12.0 Å². The molecule has 4 nitrogen and oxygen atoms in total. The summed E-state index contributed by atoms with van der Waals surface area (Å²) in [5.41, 5.74) is 1.99. The van der Waals surface area contributed by atoms with Crippen LogP contribution in [0.5, 0.6) is 0 Å². The molecule has 0 unspecified atom stereocenters. The van der Waals surface area contributed by atoms with Crippen LogP contribution in [0.2, 0.25) is 0 Å². The van der Waals surface area contributed by atoms with Gasteiger partial charge in [0.15, 0.2) is 5.60 Å². The van der Waals surface area contributed by atoms with E-state index in [1.807, 2.05) is 26.0 Å². The number of ether oxygens (including phenoxy) is 2.